The van der Waals surface area contributed by atoms with Crippen LogP contribution in [0, 0.1) is 17.7 Å². The summed E-state index contributed by atoms with van der Waals surface area (Å²) in [7, 11) is 0. The molecule has 0 aliphatic carbocycles. The van der Waals surface area contributed by atoms with Gasteiger partial charge in [0.05, 0.1) is 6.54 Å². The number of rotatable bonds is 4. The number of piperidine rings is 1. The molecule has 1 N–H and O–H groups in total. The molecule has 0 saturated carbocycles. The van der Waals surface area contributed by atoms with E-state index in [4.69, 9.17) is 0 Å². The number of halogens is 1. The first kappa shape index (κ1) is 17.0. The summed E-state index contributed by atoms with van der Waals surface area (Å²) in [5.41, 5.74) is 0.539. The van der Waals surface area contributed by atoms with E-state index < -0.39 is 0 Å². The Morgan fingerprint density at radius 1 is 1.25 bits per heavy atom. The minimum atomic E-state index is -0.337. The van der Waals surface area contributed by atoms with E-state index in [2.05, 4.69) is 34.3 Å². The molecule has 1 aromatic carbocycles. The maximum Gasteiger partial charge on any atom is 0.286 e. The van der Waals surface area contributed by atoms with Crippen LogP contribution in [0.25, 0.3) is 0 Å². The highest BCUT2D eigenvalue weighted by Gasteiger charge is 2.23. The monoisotopic (exact) mass is 348 g/mol. The van der Waals surface area contributed by atoms with E-state index in [-0.39, 0.29) is 11.7 Å². The molecule has 1 saturated heterocycles. The molecule has 2 aromatic rings. The van der Waals surface area contributed by atoms with Crippen molar-refractivity contribution in [3.8, 4) is 0 Å². The highest BCUT2D eigenvalue weighted by molar-refractivity contribution is 7.13. The van der Waals surface area contributed by atoms with E-state index in [0.29, 0.717) is 22.5 Å². The molecule has 5 nitrogen and oxygen atoms in total. The van der Waals surface area contributed by atoms with Gasteiger partial charge in [-0.1, -0.05) is 25.2 Å². The fourth-order valence-electron chi connectivity index (χ4n) is 3.24. The Morgan fingerprint density at radius 3 is 2.58 bits per heavy atom. The molecule has 0 spiro atoms. The molecule has 128 valence electrons. The Morgan fingerprint density at radius 2 is 1.92 bits per heavy atom. The zero-order valence-electron chi connectivity index (χ0n) is 13.8. The SMILES string of the molecule is CC1CC(C)CN(Cc2nnc(C(=O)Nc3ccc(F)cc3)s2)C1. The molecule has 2 unspecified atom stereocenters. The largest absolute Gasteiger partial charge is 0.320 e. The maximum atomic E-state index is 12.9. The molecule has 0 bridgehead atoms. The number of hydrogen-bond acceptors (Lipinski definition) is 5. The van der Waals surface area contributed by atoms with Gasteiger partial charge >= 0.3 is 0 Å². The van der Waals surface area contributed by atoms with Gasteiger partial charge in [0.15, 0.2) is 0 Å². The van der Waals surface area contributed by atoms with E-state index in [0.717, 1.165) is 24.6 Å². The third-order valence-electron chi connectivity index (χ3n) is 4.07. The van der Waals surface area contributed by atoms with Gasteiger partial charge in [-0.2, -0.15) is 0 Å². The Bertz CT molecular complexity index is 693. The molecule has 1 aliphatic heterocycles. The molecule has 0 radical (unpaired) electrons. The fourth-order valence-corrected chi connectivity index (χ4v) is 4.02. The topological polar surface area (TPSA) is 58.1 Å². The van der Waals surface area contributed by atoms with Crippen LogP contribution in [0.4, 0.5) is 10.1 Å². The van der Waals surface area contributed by atoms with Gasteiger partial charge in [-0.3, -0.25) is 9.69 Å². The lowest BCUT2D eigenvalue weighted by Crippen LogP contribution is -2.38. The fraction of sp³-hybridized carbons (Fsp3) is 0.471. The Balaban J connectivity index is 1.60. The highest BCUT2D eigenvalue weighted by Crippen LogP contribution is 2.23. The lowest BCUT2D eigenvalue weighted by Gasteiger charge is -2.34. The third kappa shape index (κ3) is 4.36. The van der Waals surface area contributed by atoms with Crippen LogP contribution in [-0.4, -0.2) is 34.1 Å². The van der Waals surface area contributed by atoms with Crippen molar-refractivity contribution in [2.45, 2.75) is 26.8 Å². The number of nitrogens with zero attached hydrogens (tertiary/aromatic N) is 3. The molecule has 24 heavy (non-hydrogen) atoms. The quantitative estimate of drug-likeness (QED) is 0.920. The predicted molar refractivity (Wildman–Crippen MR) is 92.5 cm³/mol. The summed E-state index contributed by atoms with van der Waals surface area (Å²) in [4.78, 5) is 14.6. The van der Waals surface area contributed by atoms with Crippen LogP contribution >= 0.6 is 11.3 Å². The second-order valence-electron chi connectivity index (χ2n) is 6.60. The van der Waals surface area contributed by atoms with Crippen LogP contribution in [0.5, 0.6) is 0 Å². The number of hydrogen-bond donors (Lipinski definition) is 1. The van der Waals surface area contributed by atoms with Gasteiger partial charge in [-0.05, 0) is 42.5 Å². The molecule has 1 aliphatic rings. The van der Waals surface area contributed by atoms with Gasteiger partial charge in [0.2, 0.25) is 5.01 Å². The van der Waals surface area contributed by atoms with E-state index in [9.17, 15) is 9.18 Å². The first-order valence-corrected chi connectivity index (χ1v) is 8.93. The smallest absolute Gasteiger partial charge is 0.286 e. The molecule has 2 atom stereocenters. The molecule has 1 aromatic heterocycles. The van der Waals surface area contributed by atoms with Crippen LogP contribution in [-0.2, 0) is 6.54 Å². The summed E-state index contributed by atoms with van der Waals surface area (Å²) >= 11 is 1.31. The summed E-state index contributed by atoms with van der Waals surface area (Å²) in [6.07, 6.45) is 1.26. The van der Waals surface area contributed by atoms with Crippen LogP contribution in [0.2, 0.25) is 0 Å². The molecule has 3 rings (SSSR count). The van der Waals surface area contributed by atoms with Crippen molar-refractivity contribution in [2.75, 3.05) is 18.4 Å². The molecular formula is C17H21FN4OS. The average Bonchev–Trinajstić information content (AvgIpc) is 2.97. The van der Waals surface area contributed by atoms with Crippen molar-refractivity contribution in [1.29, 1.82) is 0 Å². The number of aromatic nitrogens is 2. The molecule has 7 heteroatoms. The first-order valence-electron chi connectivity index (χ1n) is 8.11. The number of carbonyl (C=O) groups is 1. The van der Waals surface area contributed by atoms with Crippen molar-refractivity contribution in [1.82, 2.24) is 15.1 Å². The van der Waals surface area contributed by atoms with Gasteiger partial charge in [0.25, 0.3) is 5.91 Å². The summed E-state index contributed by atoms with van der Waals surface area (Å²) in [5, 5.41) is 12.0. The summed E-state index contributed by atoms with van der Waals surface area (Å²) < 4.78 is 12.9. The van der Waals surface area contributed by atoms with Crippen molar-refractivity contribution in [2.24, 2.45) is 11.8 Å². The maximum absolute atomic E-state index is 12.9. The van der Waals surface area contributed by atoms with E-state index >= 15 is 0 Å². The number of carbonyl (C=O) groups excluding carboxylic acids is 1. The number of likely N-dealkylation sites (tertiary alicyclic amines) is 1. The predicted octanol–water partition coefficient (Wildman–Crippen LogP) is 3.41. The van der Waals surface area contributed by atoms with Crippen molar-refractivity contribution in [3.63, 3.8) is 0 Å². The van der Waals surface area contributed by atoms with Crippen molar-refractivity contribution in [3.05, 3.63) is 40.1 Å². The second kappa shape index (κ2) is 7.36. The van der Waals surface area contributed by atoms with E-state index in [1.165, 1.54) is 42.0 Å². The normalized spacial score (nSPS) is 21.6. The lowest BCUT2D eigenvalue weighted by atomic mass is 9.92. The molecule has 1 fully saturated rings. The Hall–Kier alpha value is -1.86. The van der Waals surface area contributed by atoms with E-state index in [1.54, 1.807) is 0 Å². The van der Waals surface area contributed by atoms with Gasteiger partial charge in [-0.15, -0.1) is 10.2 Å². The van der Waals surface area contributed by atoms with Crippen molar-refractivity contribution < 1.29 is 9.18 Å². The Kier molecular flexibility index (Phi) is 5.20. The minimum absolute atomic E-state index is 0.314. The molecular weight excluding hydrogens is 327 g/mol. The van der Waals surface area contributed by atoms with Crippen LogP contribution in [0.1, 0.15) is 35.1 Å². The van der Waals surface area contributed by atoms with Gasteiger partial charge in [0, 0.05) is 18.8 Å². The first-order chi connectivity index (χ1) is 11.5. The van der Waals surface area contributed by atoms with Gasteiger partial charge in [0.1, 0.15) is 10.8 Å². The lowest BCUT2D eigenvalue weighted by molar-refractivity contribution is 0.102. The zero-order valence-corrected chi connectivity index (χ0v) is 14.6. The molecule has 1 amide bonds. The molecule has 2 heterocycles. The van der Waals surface area contributed by atoms with E-state index in [1.807, 2.05) is 0 Å². The number of nitrogens with one attached hydrogen (secondary N) is 1. The van der Waals surface area contributed by atoms with Crippen LogP contribution in [0.3, 0.4) is 0 Å². The Labute approximate surface area is 144 Å². The third-order valence-corrected chi connectivity index (χ3v) is 4.97. The van der Waals surface area contributed by atoms with Crippen LogP contribution < -0.4 is 5.32 Å². The highest BCUT2D eigenvalue weighted by atomic mass is 32.1. The van der Waals surface area contributed by atoms with Crippen molar-refractivity contribution >= 4 is 22.9 Å². The summed E-state index contributed by atoms with van der Waals surface area (Å²) in [6, 6.07) is 5.65. The number of amides is 1. The van der Waals surface area contributed by atoms with Gasteiger partial charge < -0.3 is 5.32 Å². The minimum Gasteiger partial charge on any atom is -0.320 e. The number of benzene rings is 1. The van der Waals surface area contributed by atoms with Gasteiger partial charge in [-0.25, -0.2) is 4.39 Å². The second-order valence-corrected chi connectivity index (χ2v) is 7.66. The zero-order chi connectivity index (χ0) is 17.1. The van der Waals surface area contributed by atoms with Crippen LogP contribution in [0.15, 0.2) is 24.3 Å². The summed E-state index contributed by atoms with van der Waals surface area (Å²) in [6.45, 7) is 7.38. The average molecular weight is 348 g/mol. The summed E-state index contributed by atoms with van der Waals surface area (Å²) in [5.74, 6) is 0.716. The number of anilines is 1. The standard InChI is InChI=1S/C17H21FN4OS/c1-11-7-12(2)9-22(8-11)10-15-20-21-17(24-15)16(23)19-14-5-3-13(18)4-6-14/h3-6,11-12H,7-10H2,1-2H3,(H,19,23).